The van der Waals surface area contributed by atoms with Crippen LogP contribution in [0, 0.1) is 5.92 Å². The molecule has 0 aliphatic carbocycles. The summed E-state index contributed by atoms with van der Waals surface area (Å²) in [5, 5.41) is 4.17. The first-order valence-corrected chi connectivity index (χ1v) is 10.7. The molecule has 2 aliphatic rings. The van der Waals surface area contributed by atoms with Gasteiger partial charge in [0.15, 0.2) is 0 Å². The van der Waals surface area contributed by atoms with Crippen LogP contribution in [0.15, 0.2) is 58.4 Å². The average Bonchev–Trinajstić information content (AvgIpc) is 3.45. The van der Waals surface area contributed by atoms with Gasteiger partial charge in [0.2, 0.25) is 5.91 Å². The highest BCUT2D eigenvalue weighted by atomic mass is 16.3. The number of carbonyl (C=O) groups is 2. The van der Waals surface area contributed by atoms with E-state index >= 15 is 0 Å². The molecular formula is C23H25N5O4. The zero-order chi connectivity index (χ0) is 22.4. The van der Waals surface area contributed by atoms with Gasteiger partial charge in [-0.25, -0.2) is 0 Å². The summed E-state index contributed by atoms with van der Waals surface area (Å²) in [5.74, 6) is -0.396. The lowest BCUT2D eigenvalue weighted by molar-refractivity contribution is -0.137. The van der Waals surface area contributed by atoms with Gasteiger partial charge in [0.25, 0.3) is 11.5 Å². The van der Waals surface area contributed by atoms with Crippen LogP contribution in [0.1, 0.15) is 40.0 Å². The maximum atomic E-state index is 13.7. The monoisotopic (exact) mass is 435 g/mol. The number of aromatic nitrogens is 3. The van der Waals surface area contributed by atoms with Gasteiger partial charge in [-0.1, -0.05) is 6.07 Å². The summed E-state index contributed by atoms with van der Waals surface area (Å²) in [7, 11) is 3.57. The molecule has 3 aromatic heterocycles. The second-order valence-electron chi connectivity index (χ2n) is 8.74. The van der Waals surface area contributed by atoms with Crippen molar-refractivity contribution in [2.45, 2.75) is 24.9 Å². The molecule has 0 radical (unpaired) electrons. The Morgan fingerprint density at radius 1 is 1.25 bits per heavy atom. The van der Waals surface area contributed by atoms with Gasteiger partial charge >= 0.3 is 0 Å². The van der Waals surface area contributed by atoms with Crippen molar-refractivity contribution in [3.63, 3.8) is 0 Å². The van der Waals surface area contributed by atoms with Gasteiger partial charge < -0.3 is 14.2 Å². The third-order valence-corrected chi connectivity index (χ3v) is 6.51. The molecule has 2 aliphatic heterocycles. The molecule has 2 bridgehead atoms. The van der Waals surface area contributed by atoms with Crippen molar-refractivity contribution in [1.82, 2.24) is 24.1 Å². The fourth-order valence-corrected chi connectivity index (χ4v) is 5.12. The van der Waals surface area contributed by atoms with E-state index in [0.29, 0.717) is 25.2 Å². The number of rotatable bonds is 4. The number of hydrogen-bond acceptors (Lipinski definition) is 5. The molecule has 0 unspecified atom stereocenters. The molecule has 5 rings (SSSR count). The number of aryl methyl sites for hydroxylation is 1. The minimum absolute atomic E-state index is 0.00572. The van der Waals surface area contributed by atoms with E-state index in [1.807, 2.05) is 19.3 Å². The lowest BCUT2D eigenvalue weighted by atomic mass is 9.77. The largest absolute Gasteiger partial charge is 0.472 e. The molecule has 0 N–H and O–H groups in total. The molecule has 3 atom stereocenters. The number of nitrogens with zero attached hydrogens (tertiary/aromatic N) is 5. The van der Waals surface area contributed by atoms with Crippen molar-refractivity contribution >= 4 is 11.8 Å². The van der Waals surface area contributed by atoms with Gasteiger partial charge in [0, 0.05) is 69.1 Å². The Hall–Kier alpha value is -3.62. The molecule has 0 aromatic carbocycles. The van der Waals surface area contributed by atoms with Crippen LogP contribution in [-0.4, -0.2) is 56.1 Å². The van der Waals surface area contributed by atoms with Crippen LogP contribution in [0.4, 0.5) is 0 Å². The number of carbonyl (C=O) groups excluding carboxylic acids is 2. The maximum Gasteiger partial charge on any atom is 0.257 e. The summed E-state index contributed by atoms with van der Waals surface area (Å²) < 4.78 is 8.43. The van der Waals surface area contributed by atoms with Gasteiger partial charge in [0.1, 0.15) is 12.3 Å². The van der Waals surface area contributed by atoms with Crippen LogP contribution >= 0.6 is 0 Å². The Morgan fingerprint density at radius 3 is 2.81 bits per heavy atom. The number of likely N-dealkylation sites (tertiary alicyclic amines) is 1. The van der Waals surface area contributed by atoms with Gasteiger partial charge in [-0.2, -0.15) is 5.10 Å². The average molecular weight is 435 g/mol. The normalized spacial score (nSPS) is 21.8. The minimum atomic E-state index is -0.656. The number of furan rings is 1. The van der Waals surface area contributed by atoms with E-state index in [4.69, 9.17) is 4.42 Å². The van der Waals surface area contributed by atoms with E-state index in [9.17, 15) is 14.4 Å². The fourth-order valence-electron chi connectivity index (χ4n) is 5.12. The van der Waals surface area contributed by atoms with E-state index in [2.05, 4.69) is 5.10 Å². The first-order chi connectivity index (χ1) is 15.4. The van der Waals surface area contributed by atoms with E-state index in [-0.39, 0.29) is 29.2 Å². The van der Waals surface area contributed by atoms with E-state index < -0.39 is 6.04 Å². The molecule has 9 heteroatoms. The van der Waals surface area contributed by atoms with Crippen LogP contribution in [-0.2, 0) is 18.4 Å². The molecule has 32 heavy (non-hydrogen) atoms. The van der Waals surface area contributed by atoms with E-state index in [0.717, 1.165) is 17.7 Å². The highest BCUT2D eigenvalue weighted by Crippen LogP contribution is 2.42. The predicted octanol–water partition coefficient (Wildman–Crippen LogP) is 1.63. The standard InChI is InChI=1S/C23H25N5O4/c1-25(10-15-9-24-26(2)11-15)23(31)21-18-8-17(19-4-3-5-20(29)28(19)21)12-27(13-18)22(30)16-6-7-32-14-16/h3-7,9,11,14,17-18,21H,8,10,12-13H2,1-2H3/t17-,18+,21-/m1/s1. The molecule has 1 fully saturated rings. The number of hydrogen-bond donors (Lipinski definition) is 0. The van der Waals surface area contributed by atoms with E-state index in [1.54, 1.807) is 44.4 Å². The Bertz CT molecular complexity index is 1210. The second kappa shape index (κ2) is 7.81. The van der Waals surface area contributed by atoms with Crippen molar-refractivity contribution < 1.29 is 14.0 Å². The van der Waals surface area contributed by atoms with Crippen molar-refractivity contribution in [3.05, 3.63) is 76.4 Å². The summed E-state index contributed by atoms with van der Waals surface area (Å²) >= 11 is 0. The number of piperidine rings is 1. The van der Waals surface area contributed by atoms with Gasteiger partial charge in [0.05, 0.1) is 18.0 Å². The molecular weight excluding hydrogens is 410 g/mol. The summed E-state index contributed by atoms with van der Waals surface area (Å²) in [6, 6.07) is 6.12. The smallest absolute Gasteiger partial charge is 0.257 e. The van der Waals surface area contributed by atoms with Crippen LogP contribution < -0.4 is 5.56 Å². The zero-order valence-corrected chi connectivity index (χ0v) is 18.0. The van der Waals surface area contributed by atoms with E-state index in [1.165, 1.54) is 18.6 Å². The molecule has 9 nitrogen and oxygen atoms in total. The van der Waals surface area contributed by atoms with Crippen LogP contribution in [0.2, 0.25) is 0 Å². The Balaban J connectivity index is 1.48. The topological polar surface area (TPSA) is 93.6 Å². The Kier molecular flexibility index (Phi) is 4.96. The lowest BCUT2D eigenvalue weighted by Crippen LogP contribution is -2.54. The second-order valence-corrected chi connectivity index (χ2v) is 8.74. The van der Waals surface area contributed by atoms with Crippen molar-refractivity contribution in [1.29, 1.82) is 0 Å². The number of likely N-dealkylation sites (N-methyl/N-ethyl adjacent to an activating group) is 1. The van der Waals surface area contributed by atoms with Crippen LogP contribution in [0.25, 0.3) is 0 Å². The first kappa shape index (κ1) is 20.3. The Labute approximate surface area is 184 Å². The summed E-state index contributed by atoms with van der Waals surface area (Å²) in [6.45, 7) is 1.32. The minimum Gasteiger partial charge on any atom is -0.472 e. The SMILES string of the molecule is CN(Cc1cnn(C)c1)C(=O)[C@H]1[C@H]2C[C@H](CN(C(=O)c3ccoc3)C2)c2cccc(=O)n21. The van der Waals surface area contributed by atoms with Crippen LogP contribution in [0.3, 0.4) is 0 Å². The quantitative estimate of drug-likeness (QED) is 0.621. The first-order valence-electron chi connectivity index (χ1n) is 10.7. The fraction of sp³-hybridized carbons (Fsp3) is 0.391. The molecule has 166 valence electrons. The van der Waals surface area contributed by atoms with Gasteiger partial charge in [-0.15, -0.1) is 0 Å². The predicted molar refractivity (Wildman–Crippen MR) is 115 cm³/mol. The van der Waals surface area contributed by atoms with Crippen molar-refractivity contribution in [3.8, 4) is 0 Å². The number of amides is 2. The molecule has 2 amide bonds. The van der Waals surface area contributed by atoms with Crippen molar-refractivity contribution in [2.24, 2.45) is 13.0 Å². The molecule has 1 saturated heterocycles. The maximum absolute atomic E-state index is 13.7. The summed E-state index contributed by atoms with van der Waals surface area (Å²) in [5.41, 5.74) is 2.04. The lowest BCUT2D eigenvalue weighted by Gasteiger charge is -2.46. The highest BCUT2D eigenvalue weighted by Gasteiger charge is 2.45. The molecule has 0 spiro atoms. The molecule has 5 heterocycles. The third kappa shape index (κ3) is 3.43. The summed E-state index contributed by atoms with van der Waals surface area (Å²) in [6.07, 6.45) is 7.28. The van der Waals surface area contributed by atoms with Crippen molar-refractivity contribution in [2.75, 3.05) is 20.1 Å². The number of pyridine rings is 1. The number of fused-ring (bicyclic) bond motifs is 4. The molecule has 0 saturated carbocycles. The van der Waals surface area contributed by atoms with Crippen LogP contribution in [0.5, 0.6) is 0 Å². The molecule has 3 aromatic rings. The third-order valence-electron chi connectivity index (χ3n) is 6.51. The highest BCUT2D eigenvalue weighted by molar-refractivity contribution is 5.94. The van der Waals surface area contributed by atoms with Gasteiger partial charge in [-0.3, -0.25) is 23.6 Å². The Morgan fingerprint density at radius 2 is 2.09 bits per heavy atom. The zero-order valence-electron chi connectivity index (χ0n) is 18.0. The van der Waals surface area contributed by atoms with Gasteiger partial charge in [-0.05, 0) is 18.6 Å². The summed E-state index contributed by atoms with van der Waals surface area (Å²) in [4.78, 5) is 43.0.